The number of rotatable bonds is 3. The lowest BCUT2D eigenvalue weighted by Gasteiger charge is -2.50. The van der Waals surface area contributed by atoms with Gasteiger partial charge in [0.2, 0.25) is 0 Å². The van der Waals surface area contributed by atoms with Gasteiger partial charge in [0.1, 0.15) is 5.75 Å². The van der Waals surface area contributed by atoms with Crippen molar-refractivity contribution in [2.75, 3.05) is 0 Å². The second kappa shape index (κ2) is 7.18. The fourth-order valence-electron chi connectivity index (χ4n) is 6.09. The summed E-state index contributed by atoms with van der Waals surface area (Å²) in [5, 5.41) is 10.5. The van der Waals surface area contributed by atoms with Gasteiger partial charge in [0.05, 0.1) is 6.10 Å². The molecule has 0 radical (unpaired) electrons. The highest BCUT2D eigenvalue weighted by Gasteiger charge is 2.54. The summed E-state index contributed by atoms with van der Waals surface area (Å²) in [5.74, 6) is 1.24. The molecule has 1 aromatic rings. The van der Waals surface area contributed by atoms with Gasteiger partial charge in [0.15, 0.2) is 6.10 Å². The molecule has 1 aromatic carbocycles. The lowest BCUT2D eigenvalue weighted by atomic mass is 9.55. The Morgan fingerprint density at radius 3 is 2.75 bits per heavy atom. The number of esters is 2. The van der Waals surface area contributed by atoms with Crippen LogP contribution in [0.25, 0.3) is 0 Å². The Kier molecular flexibility index (Phi) is 4.98. The number of fused-ring (bicyclic) bond motifs is 5. The van der Waals surface area contributed by atoms with E-state index in [1.165, 1.54) is 25.0 Å². The number of hydrogen-bond donors (Lipinski definition) is 1. The molecule has 0 bridgehead atoms. The second-order valence-corrected chi connectivity index (χ2v) is 9.09. The topological polar surface area (TPSA) is 72.8 Å². The number of aliphatic hydroxyl groups is 1. The summed E-state index contributed by atoms with van der Waals surface area (Å²) < 4.78 is 10.3. The molecule has 2 saturated carbocycles. The average molecular weight is 386 g/mol. The van der Waals surface area contributed by atoms with E-state index in [1.54, 1.807) is 0 Å². The van der Waals surface area contributed by atoms with E-state index in [2.05, 4.69) is 13.0 Å². The number of carbonyl (C=O) groups excluding carboxylic acids is 2. The third-order valence-corrected chi connectivity index (χ3v) is 7.54. The molecule has 0 aromatic heterocycles. The minimum atomic E-state index is -0.914. The van der Waals surface area contributed by atoms with Crippen molar-refractivity contribution < 1.29 is 24.2 Å². The van der Waals surface area contributed by atoms with E-state index in [4.69, 9.17) is 9.47 Å². The Hall–Kier alpha value is -1.88. The van der Waals surface area contributed by atoms with Crippen LogP contribution in [0.5, 0.6) is 5.75 Å². The SMILES string of the molecule is CC(=O)O[C@@H](C)C(=O)Oc1ccc2c(c1)CCC1C2CC[C@@]2(C)C1CC[C@@H]2O. The Labute approximate surface area is 166 Å². The van der Waals surface area contributed by atoms with Gasteiger partial charge >= 0.3 is 11.9 Å². The van der Waals surface area contributed by atoms with Crippen molar-refractivity contribution in [2.24, 2.45) is 17.3 Å². The molecule has 5 nitrogen and oxygen atoms in total. The van der Waals surface area contributed by atoms with Crippen molar-refractivity contribution in [1.29, 1.82) is 0 Å². The molecule has 0 saturated heterocycles. The van der Waals surface area contributed by atoms with E-state index in [1.807, 2.05) is 12.1 Å². The Bertz CT molecular complexity index is 787. The predicted octanol–water partition coefficient (Wildman–Crippen LogP) is 3.76. The Balaban J connectivity index is 1.50. The van der Waals surface area contributed by atoms with Crippen LogP contribution in [-0.4, -0.2) is 29.3 Å². The van der Waals surface area contributed by atoms with Gasteiger partial charge in [-0.15, -0.1) is 0 Å². The number of ether oxygens (including phenoxy) is 2. The molecular formula is C23H30O5. The molecule has 152 valence electrons. The van der Waals surface area contributed by atoms with E-state index >= 15 is 0 Å². The zero-order valence-corrected chi connectivity index (χ0v) is 16.9. The molecule has 1 N–H and O–H groups in total. The fraction of sp³-hybridized carbons (Fsp3) is 0.652. The van der Waals surface area contributed by atoms with Crippen LogP contribution < -0.4 is 4.74 Å². The van der Waals surface area contributed by atoms with E-state index < -0.39 is 18.0 Å². The maximum Gasteiger partial charge on any atom is 0.352 e. The highest BCUT2D eigenvalue weighted by atomic mass is 16.6. The number of aliphatic hydroxyl groups excluding tert-OH is 1. The van der Waals surface area contributed by atoms with Crippen molar-refractivity contribution in [3.8, 4) is 5.75 Å². The van der Waals surface area contributed by atoms with Gasteiger partial charge in [-0.25, -0.2) is 4.79 Å². The molecule has 6 atom stereocenters. The van der Waals surface area contributed by atoms with Crippen molar-refractivity contribution in [3.63, 3.8) is 0 Å². The Morgan fingerprint density at radius 1 is 1.21 bits per heavy atom. The molecule has 3 aliphatic rings. The molecule has 0 amide bonds. The average Bonchev–Trinajstić information content (AvgIpc) is 2.95. The summed E-state index contributed by atoms with van der Waals surface area (Å²) in [6.07, 6.45) is 5.31. The van der Waals surface area contributed by atoms with Crippen LogP contribution in [0.4, 0.5) is 0 Å². The molecule has 2 fully saturated rings. The molecule has 3 unspecified atom stereocenters. The smallest absolute Gasteiger partial charge is 0.352 e. The van der Waals surface area contributed by atoms with Crippen molar-refractivity contribution in [3.05, 3.63) is 29.3 Å². The monoisotopic (exact) mass is 386 g/mol. The van der Waals surface area contributed by atoms with Crippen LogP contribution in [0.1, 0.15) is 69.9 Å². The van der Waals surface area contributed by atoms with Crippen molar-refractivity contribution in [2.45, 2.75) is 77.4 Å². The van der Waals surface area contributed by atoms with Gasteiger partial charge < -0.3 is 14.6 Å². The first-order valence-electron chi connectivity index (χ1n) is 10.5. The summed E-state index contributed by atoms with van der Waals surface area (Å²) in [5.41, 5.74) is 2.72. The summed E-state index contributed by atoms with van der Waals surface area (Å²) in [4.78, 5) is 23.1. The molecular weight excluding hydrogens is 356 g/mol. The van der Waals surface area contributed by atoms with Crippen LogP contribution in [0, 0.1) is 17.3 Å². The van der Waals surface area contributed by atoms with Gasteiger partial charge in [0.25, 0.3) is 0 Å². The number of benzene rings is 1. The quantitative estimate of drug-likeness (QED) is 0.632. The molecule has 5 heteroatoms. The third kappa shape index (κ3) is 3.24. The van der Waals surface area contributed by atoms with Crippen LogP contribution >= 0.6 is 0 Å². The van der Waals surface area contributed by atoms with Crippen LogP contribution in [0.15, 0.2) is 18.2 Å². The first kappa shape index (κ1) is 19.4. The number of hydrogen-bond acceptors (Lipinski definition) is 5. The third-order valence-electron chi connectivity index (χ3n) is 7.54. The van der Waals surface area contributed by atoms with E-state index in [0.717, 1.165) is 38.5 Å². The van der Waals surface area contributed by atoms with Crippen LogP contribution in [0.2, 0.25) is 0 Å². The number of carbonyl (C=O) groups is 2. The molecule has 0 heterocycles. The van der Waals surface area contributed by atoms with E-state index in [-0.39, 0.29) is 11.5 Å². The van der Waals surface area contributed by atoms with E-state index in [0.29, 0.717) is 23.5 Å². The van der Waals surface area contributed by atoms with Gasteiger partial charge in [-0.1, -0.05) is 13.0 Å². The van der Waals surface area contributed by atoms with Gasteiger partial charge in [0, 0.05) is 6.92 Å². The van der Waals surface area contributed by atoms with Crippen molar-refractivity contribution in [1.82, 2.24) is 0 Å². The standard InChI is InChI=1S/C23H30O5/c1-13(27-14(2)24)22(26)28-16-5-7-17-15(12-16)4-6-19-18(17)10-11-23(3)20(19)8-9-21(23)25/h5,7,12-13,18-21,25H,4,6,8-11H2,1-3H3/t13-,18?,19?,20?,21-,23-/m0/s1. The molecule has 0 spiro atoms. The zero-order valence-electron chi connectivity index (χ0n) is 16.9. The van der Waals surface area contributed by atoms with Gasteiger partial charge in [-0.05, 0) is 91.9 Å². The lowest BCUT2D eigenvalue weighted by Crippen LogP contribution is -2.43. The largest absolute Gasteiger partial charge is 0.451 e. The maximum atomic E-state index is 12.1. The zero-order chi connectivity index (χ0) is 20.1. The molecule has 0 aliphatic heterocycles. The highest BCUT2D eigenvalue weighted by molar-refractivity contribution is 5.80. The molecule has 28 heavy (non-hydrogen) atoms. The van der Waals surface area contributed by atoms with Gasteiger partial charge in [-0.2, -0.15) is 0 Å². The normalized spacial score (nSPS) is 34.6. The van der Waals surface area contributed by atoms with Crippen LogP contribution in [0.3, 0.4) is 0 Å². The minimum absolute atomic E-state index is 0.0843. The minimum Gasteiger partial charge on any atom is -0.451 e. The first-order valence-corrected chi connectivity index (χ1v) is 10.5. The summed E-state index contributed by atoms with van der Waals surface area (Å²) in [7, 11) is 0. The van der Waals surface area contributed by atoms with Crippen molar-refractivity contribution >= 4 is 11.9 Å². The van der Waals surface area contributed by atoms with E-state index in [9.17, 15) is 14.7 Å². The number of aryl methyl sites for hydroxylation is 1. The maximum absolute atomic E-state index is 12.1. The molecule has 3 aliphatic carbocycles. The fourth-order valence-corrected chi connectivity index (χ4v) is 6.09. The lowest BCUT2D eigenvalue weighted by molar-refractivity contribution is -0.159. The predicted molar refractivity (Wildman–Crippen MR) is 104 cm³/mol. The Morgan fingerprint density at radius 2 is 2.00 bits per heavy atom. The van der Waals surface area contributed by atoms with Gasteiger partial charge in [-0.3, -0.25) is 4.79 Å². The summed E-state index contributed by atoms with van der Waals surface area (Å²) in [6, 6.07) is 5.94. The highest BCUT2D eigenvalue weighted by Crippen LogP contribution is 2.60. The van der Waals surface area contributed by atoms with Crippen LogP contribution in [-0.2, 0) is 20.7 Å². The second-order valence-electron chi connectivity index (χ2n) is 9.09. The summed E-state index contributed by atoms with van der Waals surface area (Å²) in [6.45, 7) is 5.08. The first-order chi connectivity index (χ1) is 13.3. The molecule has 4 rings (SSSR count). The summed E-state index contributed by atoms with van der Waals surface area (Å²) >= 11 is 0.